The molecule has 31 heavy (non-hydrogen) atoms. The van der Waals surface area contributed by atoms with Gasteiger partial charge in [0, 0.05) is 6.04 Å². The fourth-order valence-corrected chi connectivity index (χ4v) is 4.47. The highest BCUT2D eigenvalue weighted by Crippen LogP contribution is 2.33. The number of imide groups is 1. The largest absolute Gasteiger partial charge is 0.331 e. The van der Waals surface area contributed by atoms with Gasteiger partial charge in [0.2, 0.25) is 5.91 Å². The van der Waals surface area contributed by atoms with Gasteiger partial charge in [0.25, 0.3) is 11.5 Å². The first kappa shape index (κ1) is 21.0. The minimum Gasteiger partial charge on any atom is -0.331 e. The van der Waals surface area contributed by atoms with Crippen molar-refractivity contribution in [1.29, 1.82) is 0 Å². The van der Waals surface area contributed by atoms with Gasteiger partial charge in [-0.3, -0.25) is 19.3 Å². The molecule has 1 aromatic carbocycles. The lowest BCUT2D eigenvalue weighted by molar-refractivity contribution is -0.141. The lowest BCUT2D eigenvalue weighted by atomic mass is 9.82. The van der Waals surface area contributed by atoms with E-state index in [2.05, 4.69) is 15.3 Å². The van der Waals surface area contributed by atoms with Crippen molar-refractivity contribution in [3.63, 3.8) is 0 Å². The van der Waals surface area contributed by atoms with Crippen molar-refractivity contribution in [3.8, 4) is 0 Å². The number of nitrogens with zero attached hydrogens (tertiary/aromatic N) is 3. The Balaban J connectivity index is 1.52. The summed E-state index contributed by atoms with van der Waals surface area (Å²) in [4.78, 5) is 60.7. The summed E-state index contributed by atoms with van der Waals surface area (Å²) in [6.07, 6.45) is 4.03. The molecule has 1 saturated heterocycles. The Hall–Kier alpha value is -3.23. The maximum Gasteiger partial charge on any atom is 0.325 e. The fraction of sp³-hybridized carbons (Fsp3) is 0.500. The molecule has 0 radical (unpaired) electrons. The van der Waals surface area contributed by atoms with Crippen LogP contribution in [0, 0.1) is 0 Å². The monoisotopic (exact) mass is 425 g/mol. The van der Waals surface area contributed by atoms with Gasteiger partial charge in [0.1, 0.15) is 17.9 Å². The molecule has 1 saturated carbocycles. The predicted molar refractivity (Wildman–Crippen MR) is 114 cm³/mol. The van der Waals surface area contributed by atoms with E-state index in [-0.39, 0.29) is 36.5 Å². The third-order valence-electron chi connectivity index (χ3n) is 6.17. The summed E-state index contributed by atoms with van der Waals surface area (Å²) < 4.78 is 0. The molecule has 4 amide bonds. The van der Waals surface area contributed by atoms with E-state index in [4.69, 9.17) is 0 Å². The molecule has 9 nitrogen and oxygen atoms in total. The smallest absolute Gasteiger partial charge is 0.325 e. The van der Waals surface area contributed by atoms with Crippen LogP contribution >= 0.6 is 0 Å². The van der Waals surface area contributed by atoms with Crippen LogP contribution in [-0.4, -0.2) is 55.7 Å². The summed E-state index contributed by atoms with van der Waals surface area (Å²) in [6.45, 7) is 3.42. The van der Waals surface area contributed by atoms with Crippen LogP contribution in [0.4, 0.5) is 4.79 Å². The van der Waals surface area contributed by atoms with E-state index in [1.165, 1.54) is 4.90 Å². The van der Waals surface area contributed by atoms with Gasteiger partial charge in [0.05, 0.1) is 17.4 Å². The second-order valence-electron chi connectivity index (χ2n) is 8.61. The number of amides is 4. The Morgan fingerprint density at radius 1 is 1.16 bits per heavy atom. The molecule has 164 valence electrons. The van der Waals surface area contributed by atoms with Crippen molar-refractivity contribution in [2.45, 2.75) is 64.1 Å². The van der Waals surface area contributed by atoms with Crippen molar-refractivity contribution in [1.82, 2.24) is 25.1 Å². The molecule has 1 aliphatic heterocycles. The van der Waals surface area contributed by atoms with Crippen LogP contribution in [0.2, 0.25) is 0 Å². The number of aromatic amines is 1. The van der Waals surface area contributed by atoms with Gasteiger partial charge in [-0.15, -0.1) is 0 Å². The highest BCUT2D eigenvalue weighted by Gasteiger charge is 2.51. The molecule has 4 rings (SSSR count). The molecule has 2 aromatic rings. The molecular formula is C22H27N5O4. The molecule has 2 heterocycles. The summed E-state index contributed by atoms with van der Waals surface area (Å²) >= 11 is 0. The van der Waals surface area contributed by atoms with Crippen molar-refractivity contribution in [3.05, 3.63) is 40.4 Å². The van der Waals surface area contributed by atoms with Gasteiger partial charge in [-0.2, -0.15) is 0 Å². The number of hydrogen-bond donors (Lipinski definition) is 2. The number of benzene rings is 1. The van der Waals surface area contributed by atoms with Crippen molar-refractivity contribution < 1.29 is 14.4 Å². The Kier molecular flexibility index (Phi) is 5.51. The minimum atomic E-state index is -0.858. The number of carbonyl (C=O) groups is 3. The zero-order valence-electron chi connectivity index (χ0n) is 17.8. The number of urea groups is 1. The minimum absolute atomic E-state index is 0.0748. The summed E-state index contributed by atoms with van der Waals surface area (Å²) in [7, 11) is 0. The molecular weight excluding hydrogens is 398 g/mol. The first-order chi connectivity index (χ1) is 14.8. The van der Waals surface area contributed by atoms with E-state index in [1.54, 1.807) is 24.3 Å². The van der Waals surface area contributed by atoms with Crippen LogP contribution in [0.15, 0.2) is 29.1 Å². The summed E-state index contributed by atoms with van der Waals surface area (Å²) in [5.41, 5.74) is -0.584. The molecule has 2 N–H and O–H groups in total. The quantitative estimate of drug-likeness (QED) is 0.710. The first-order valence-corrected chi connectivity index (χ1v) is 10.7. The number of fused-ring (bicyclic) bond motifs is 1. The second-order valence-corrected chi connectivity index (χ2v) is 8.61. The Labute approximate surface area is 179 Å². The number of nitrogens with one attached hydrogen (secondary N) is 2. The van der Waals surface area contributed by atoms with Crippen LogP contribution in [0.5, 0.6) is 0 Å². The summed E-state index contributed by atoms with van der Waals surface area (Å²) in [6, 6.07) is 6.26. The molecule has 1 aliphatic carbocycles. The number of aromatic nitrogens is 2. The Morgan fingerprint density at radius 2 is 1.87 bits per heavy atom. The zero-order chi connectivity index (χ0) is 22.2. The van der Waals surface area contributed by atoms with Gasteiger partial charge in [0.15, 0.2) is 0 Å². The summed E-state index contributed by atoms with van der Waals surface area (Å²) in [5.74, 6) is -0.333. The van der Waals surface area contributed by atoms with E-state index in [0.717, 1.165) is 24.2 Å². The molecule has 2 aliphatic rings. The number of para-hydroxylation sites is 1. The number of carbonyl (C=O) groups excluding carboxylic acids is 3. The molecule has 0 unspecified atom stereocenters. The average molecular weight is 425 g/mol. The first-order valence-electron chi connectivity index (χ1n) is 10.7. The maximum atomic E-state index is 13.1. The number of rotatable bonds is 5. The third kappa shape index (κ3) is 3.92. The van der Waals surface area contributed by atoms with Gasteiger partial charge in [-0.1, -0.05) is 31.4 Å². The Morgan fingerprint density at radius 3 is 2.58 bits per heavy atom. The van der Waals surface area contributed by atoms with Crippen molar-refractivity contribution in [2.75, 3.05) is 6.54 Å². The second kappa shape index (κ2) is 8.13. The molecule has 2 fully saturated rings. The highest BCUT2D eigenvalue weighted by molar-refractivity contribution is 6.09. The number of H-pyrrole nitrogens is 1. The maximum absolute atomic E-state index is 13.1. The SMILES string of the molecule is CC(C)N(Cc1nc2ccccc2c(=O)[nH]1)C(=O)CN1C(=O)NC2(CCCCC2)C1=O. The van der Waals surface area contributed by atoms with Crippen LogP contribution in [0.1, 0.15) is 51.8 Å². The van der Waals surface area contributed by atoms with Crippen LogP contribution < -0.4 is 10.9 Å². The van der Waals surface area contributed by atoms with Gasteiger partial charge >= 0.3 is 6.03 Å². The fourth-order valence-electron chi connectivity index (χ4n) is 4.47. The lowest BCUT2D eigenvalue weighted by Crippen LogP contribution is -2.49. The van der Waals surface area contributed by atoms with E-state index in [9.17, 15) is 19.2 Å². The normalized spacial score (nSPS) is 18.1. The predicted octanol–water partition coefficient (Wildman–Crippen LogP) is 1.91. The van der Waals surface area contributed by atoms with Crippen LogP contribution in [0.25, 0.3) is 10.9 Å². The molecule has 9 heteroatoms. The topological polar surface area (TPSA) is 115 Å². The Bertz CT molecular complexity index is 1090. The van der Waals surface area contributed by atoms with Crippen LogP contribution in [-0.2, 0) is 16.1 Å². The van der Waals surface area contributed by atoms with Gasteiger partial charge in [-0.25, -0.2) is 9.78 Å². The van der Waals surface area contributed by atoms with E-state index in [0.29, 0.717) is 29.6 Å². The number of hydrogen-bond acceptors (Lipinski definition) is 5. The van der Waals surface area contributed by atoms with Gasteiger partial charge in [-0.05, 0) is 38.8 Å². The molecule has 1 aromatic heterocycles. The molecule has 0 bridgehead atoms. The standard InChI is InChI=1S/C22H27N5O4/c1-14(2)26(12-17-23-16-9-5-4-8-15(16)19(29)24-17)18(28)13-27-20(30)22(25-21(27)31)10-6-3-7-11-22/h4-5,8-9,14H,3,6-7,10-13H2,1-2H3,(H,25,31)(H,23,24,29). The van der Waals surface area contributed by atoms with Crippen molar-refractivity contribution >= 4 is 28.7 Å². The van der Waals surface area contributed by atoms with Gasteiger partial charge < -0.3 is 15.2 Å². The van der Waals surface area contributed by atoms with Crippen LogP contribution in [0.3, 0.4) is 0 Å². The average Bonchev–Trinajstić information content (AvgIpc) is 2.96. The zero-order valence-corrected chi connectivity index (χ0v) is 17.8. The van der Waals surface area contributed by atoms with E-state index >= 15 is 0 Å². The highest BCUT2D eigenvalue weighted by atomic mass is 16.2. The van der Waals surface area contributed by atoms with Crippen molar-refractivity contribution in [2.24, 2.45) is 0 Å². The van der Waals surface area contributed by atoms with E-state index in [1.807, 2.05) is 13.8 Å². The third-order valence-corrected chi connectivity index (χ3v) is 6.17. The van der Waals surface area contributed by atoms with E-state index < -0.39 is 11.6 Å². The molecule has 0 atom stereocenters. The summed E-state index contributed by atoms with van der Waals surface area (Å²) in [5, 5.41) is 3.30. The molecule has 1 spiro atoms. The lowest BCUT2D eigenvalue weighted by Gasteiger charge is -2.31.